The number of primary sulfonamides is 2. The van der Waals surface area contributed by atoms with E-state index >= 15 is 0 Å². The summed E-state index contributed by atoms with van der Waals surface area (Å²) in [5.41, 5.74) is -3.88. The number of benzene rings is 4. The Kier molecular flexibility index (Phi) is 9.55. The van der Waals surface area contributed by atoms with Gasteiger partial charge in [0, 0.05) is 35.1 Å². The predicted octanol–water partition coefficient (Wildman–Crippen LogP) is 4.39. The molecule has 2 aliphatic carbocycles. The summed E-state index contributed by atoms with van der Waals surface area (Å²) in [5, 5.41) is 35.5. The molecule has 0 heterocycles. The summed E-state index contributed by atoms with van der Waals surface area (Å²) in [6.45, 7) is 0. The molecule has 2 unspecified atom stereocenters. The Morgan fingerprint density at radius 2 is 0.911 bits per heavy atom. The third-order valence-electron chi connectivity index (χ3n) is 9.57. The lowest BCUT2D eigenvalue weighted by atomic mass is 9.75. The minimum absolute atomic E-state index is 0.0745. The van der Waals surface area contributed by atoms with Crippen LogP contribution in [-0.2, 0) is 29.5 Å². The van der Waals surface area contributed by atoms with Crippen molar-refractivity contribution in [3.05, 3.63) is 118 Å². The van der Waals surface area contributed by atoms with Crippen molar-refractivity contribution in [2.45, 2.75) is 35.1 Å². The number of nitrogens with zero attached hydrogens (tertiary/aromatic N) is 2. The zero-order chi connectivity index (χ0) is 41.2. The first-order valence-corrected chi connectivity index (χ1v) is 18.8. The largest absolute Gasteiger partial charge is 0.573 e. The zero-order valence-electron chi connectivity index (χ0n) is 28.2. The molecule has 0 bridgehead atoms. The van der Waals surface area contributed by atoms with Crippen LogP contribution in [0.4, 0.5) is 26.3 Å². The number of rotatable bonds is 7. The van der Waals surface area contributed by atoms with Gasteiger partial charge in [-0.15, -0.1) is 26.3 Å². The lowest BCUT2D eigenvalue weighted by Gasteiger charge is -2.39. The zero-order valence-corrected chi connectivity index (χ0v) is 29.9. The van der Waals surface area contributed by atoms with E-state index < -0.39 is 77.7 Å². The first-order valence-electron chi connectivity index (χ1n) is 15.8. The van der Waals surface area contributed by atoms with Crippen LogP contribution in [0.3, 0.4) is 0 Å². The Bertz CT molecular complexity index is 2440. The van der Waals surface area contributed by atoms with E-state index in [2.05, 4.69) is 19.7 Å². The summed E-state index contributed by atoms with van der Waals surface area (Å²) in [5.74, 6) is 8.65. The van der Waals surface area contributed by atoms with Gasteiger partial charge in [0.05, 0.1) is 22.8 Å². The Hall–Kier alpha value is -5.84. The average Bonchev–Trinajstić information content (AvgIpc) is 3.10. The van der Waals surface area contributed by atoms with E-state index in [4.69, 9.17) is 32.8 Å². The topological polar surface area (TPSA) is 263 Å². The molecule has 0 fully saturated rings. The molecular formula is C34H28F6N8O6S2. The van der Waals surface area contributed by atoms with Crippen LogP contribution in [0.1, 0.15) is 46.2 Å². The maximum atomic E-state index is 14.1. The summed E-state index contributed by atoms with van der Waals surface area (Å²) in [7, 11) is -10.0. The molecule has 4 aromatic carbocycles. The fraction of sp³-hybridized carbons (Fsp3) is 0.176. The lowest BCUT2D eigenvalue weighted by molar-refractivity contribution is -0.276. The highest BCUT2D eigenvalue weighted by Gasteiger charge is 2.55. The van der Waals surface area contributed by atoms with Gasteiger partial charge in [0.25, 0.3) is 0 Å². The molecule has 0 saturated carbocycles. The van der Waals surface area contributed by atoms with E-state index in [9.17, 15) is 43.2 Å². The van der Waals surface area contributed by atoms with Gasteiger partial charge < -0.3 is 21.2 Å². The lowest BCUT2D eigenvalue weighted by Crippen LogP contribution is -2.49. The van der Waals surface area contributed by atoms with Gasteiger partial charge in [-0.2, -0.15) is 10.2 Å². The van der Waals surface area contributed by atoms with Crippen LogP contribution >= 0.6 is 0 Å². The van der Waals surface area contributed by atoms with Gasteiger partial charge in [-0.1, -0.05) is 72.8 Å². The second kappa shape index (κ2) is 13.4. The molecule has 14 nitrogen and oxygen atoms in total. The number of ether oxygens (including phenoxy) is 2. The highest BCUT2D eigenvalue weighted by molar-refractivity contribution is 7.90. The summed E-state index contributed by atoms with van der Waals surface area (Å²) >= 11 is 0. The van der Waals surface area contributed by atoms with Crippen molar-refractivity contribution in [3.63, 3.8) is 0 Å². The molecule has 0 spiro atoms. The number of sulfonamides is 2. The normalized spacial score (nSPS) is 21.8. The molecule has 56 heavy (non-hydrogen) atoms. The molecule has 0 amide bonds. The van der Waals surface area contributed by atoms with Gasteiger partial charge in [0.15, 0.2) is 0 Å². The molecule has 0 aliphatic heterocycles. The van der Waals surface area contributed by atoms with Gasteiger partial charge in [0.1, 0.15) is 21.0 Å². The Morgan fingerprint density at radius 3 is 1.21 bits per heavy atom. The van der Waals surface area contributed by atoms with E-state index in [0.29, 0.717) is 12.1 Å². The number of fused-ring (bicyclic) bond motifs is 2. The third-order valence-corrected chi connectivity index (χ3v) is 12.7. The van der Waals surface area contributed by atoms with E-state index in [1.165, 1.54) is 48.5 Å². The van der Waals surface area contributed by atoms with Crippen LogP contribution < -0.4 is 31.4 Å². The van der Waals surface area contributed by atoms with Gasteiger partial charge in [-0.3, -0.25) is 10.8 Å². The maximum Gasteiger partial charge on any atom is 0.573 e. The molecule has 0 saturated heterocycles. The molecule has 2 aliphatic rings. The van der Waals surface area contributed by atoms with Crippen molar-refractivity contribution in [2.75, 3.05) is 0 Å². The van der Waals surface area contributed by atoms with Crippen LogP contribution in [0.15, 0.2) is 95.1 Å². The van der Waals surface area contributed by atoms with Crippen molar-refractivity contribution in [2.24, 2.45) is 32.2 Å². The first-order chi connectivity index (χ1) is 26.0. The smallest absolute Gasteiger partial charge is 0.405 e. The quantitative estimate of drug-likeness (QED) is 0.0883. The Balaban J connectivity index is 1.64. The molecule has 0 aromatic heterocycles. The maximum absolute atomic E-state index is 14.1. The molecule has 0 radical (unpaired) electrons. The van der Waals surface area contributed by atoms with Gasteiger partial charge >= 0.3 is 12.7 Å². The van der Waals surface area contributed by atoms with Crippen LogP contribution in [0.25, 0.3) is 11.1 Å². The summed E-state index contributed by atoms with van der Waals surface area (Å²) < 4.78 is 142. The predicted molar refractivity (Wildman–Crippen MR) is 192 cm³/mol. The monoisotopic (exact) mass is 822 g/mol. The minimum atomic E-state index is -5.47. The van der Waals surface area contributed by atoms with E-state index in [-0.39, 0.29) is 56.2 Å². The molecule has 6 rings (SSSR count). The summed E-state index contributed by atoms with van der Waals surface area (Å²) in [6, 6.07) is 16.0. The average molecular weight is 823 g/mol. The molecule has 2 atom stereocenters. The number of hydrogen-bond acceptors (Lipinski definition) is 12. The van der Waals surface area contributed by atoms with Crippen molar-refractivity contribution in [3.8, 4) is 22.6 Å². The number of halogens is 6. The first kappa shape index (κ1) is 39.8. The Labute approximate surface area is 313 Å². The van der Waals surface area contributed by atoms with E-state index in [1.807, 2.05) is 0 Å². The van der Waals surface area contributed by atoms with Crippen molar-refractivity contribution >= 4 is 42.9 Å². The fourth-order valence-corrected chi connectivity index (χ4v) is 9.86. The number of alkyl halides is 6. The van der Waals surface area contributed by atoms with Crippen molar-refractivity contribution < 1.29 is 52.7 Å². The van der Waals surface area contributed by atoms with Gasteiger partial charge in [0.2, 0.25) is 20.0 Å². The second-order valence-corrected chi connectivity index (χ2v) is 16.2. The third kappa shape index (κ3) is 6.52. The molecule has 10 N–H and O–H groups in total. The number of nitrogens with one attached hydrogen (secondary N) is 2. The van der Waals surface area contributed by atoms with Crippen molar-refractivity contribution in [1.29, 1.82) is 10.8 Å². The molecule has 22 heteroatoms. The van der Waals surface area contributed by atoms with Crippen LogP contribution in [0, 0.1) is 10.8 Å². The highest BCUT2D eigenvalue weighted by Crippen LogP contribution is 2.52. The number of nitrogens with two attached hydrogens (primary N) is 4. The fourth-order valence-electron chi connectivity index (χ4n) is 7.26. The van der Waals surface area contributed by atoms with Crippen LogP contribution in [-0.4, -0.2) is 52.4 Å². The van der Waals surface area contributed by atoms with E-state index in [1.54, 1.807) is 0 Å². The SMILES string of the molecule is N=C1/C(=N\N)CC(c2ccc(-c3ccc(C4(S(N)(=O)=O)C/C(=N\N)C(=N)c5ccccc54)c(OC(F)(F)F)c3)cc2OC(F)(F)F)(S(N)(=O)=O)c2ccccc21. The summed E-state index contributed by atoms with van der Waals surface area (Å²) in [6.07, 6.45) is -12.6. The highest BCUT2D eigenvalue weighted by atomic mass is 32.2. The van der Waals surface area contributed by atoms with Gasteiger partial charge in [-0.05, 0) is 34.4 Å². The Morgan fingerprint density at radius 1 is 0.571 bits per heavy atom. The van der Waals surface area contributed by atoms with E-state index in [0.717, 1.165) is 24.3 Å². The number of hydrogen-bond donors (Lipinski definition) is 6. The van der Waals surface area contributed by atoms with Gasteiger partial charge in [-0.25, -0.2) is 27.1 Å². The molecular weight excluding hydrogens is 795 g/mol. The van der Waals surface area contributed by atoms with Crippen molar-refractivity contribution in [1.82, 2.24) is 0 Å². The summed E-state index contributed by atoms with van der Waals surface area (Å²) in [4.78, 5) is 0. The minimum Gasteiger partial charge on any atom is -0.405 e. The van der Waals surface area contributed by atoms with Crippen LogP contribution in [0.5, 0.6) is 11.5 Å². The molecule has 4 aromatic rings. The number of hydrazone groups is 2. The molecule has 294 valence electrons. The van der Waals surface area contributed by atoms with Crippen LogP contribution in [0.2, 0.25) is 0 Å². The second-order valence-electron chi connectivity index (χ2n) is 12.6. The standard InChI is InChI=1S/C34H28F6N8O6S2/c35-33(36,37)53-27-13-17(9-11-23(27)31(55(45,49)50)15-25(47-43)29(41)19-5-1-3-7-21(19)31)18-10-12-24(28(14-18)54-34(38,39)40)32(56(46,51)52)16-26(48-44)30(42)20-6-2-4-8-22(20)32/h1-14,41-42H,15-16,43-44H2,(H2,45,49,50)(H2,46,51,52)/b41-29?,42-30?,47-25-,48-26+.